The van der Waals surface area contributed by atoms with Gasteiger partial charge in [-0.2, -0.15) is 5.10 Å². The van der Waals surface area contributed by atoms with E-state index >= 15 is 0 Å². The number of nitrogens with one attached hydrogen (secondary N) is 1. The number of methoxy groups -OCH3 is 2. The van der Waals surface area contributed by atoms with E-state index in [9.17, 15) is 9.59 Å². The Hall–Kier alpha value is -4.31. The number of carbonyl (C=O) groups excluding carboxylic acids is 1. The minimum Gasteiger partial charge on any atom is -0.494 e. The highest BCUT2D eigenvalue weighted by Crippen LogP contribution is 2.27. The summed E-state index contributed by atoms with van der Waals surface area (Å²) < 4.78 is 17.5. The van der Waals surface area contributed by atoms with Gasteiger partial charge in [0.2, 0.25) is 0 Å². The second kappa shape index (κ2) is 12.1. The molecule has 0 bridgehead atoms. The summed E-state index contributed by atoms with van der Waals surface area (Å²) in [5.74, 6) is 1.52. The van der Waals surface area contributed by atoms with Crippen molar-refractivity contribution in [3.63, 3.8) is 0 Å². The molecule has 0 aliphatic rings. The number of fused-ring (bicyclic) bond motifs is 1. The number of rotatable bonds is 10. The van der Waals surface area contributed by atoms with Crippen molar-refractivity contribution >= 4 is 34.8 Å². The molecular formula is C27H26N4O5S. The van der Waals surface area contributed by atoms with Gasteiger partial charge in [-0.05, 0) is 67.1 Å². The number of hydrogen-bond acceptors (Lipinski definition) is 8. The number of ether oxygens (including phenoxy) is 3. The van der Waals surface area contributed by atoms with E-state index in [1.54, 1.807) is 74.9 Å². The Labute approximate surface area is 218 Å². The maximum atomic E-state index is 13.4. The molecule has 0 fully saturated rings. The molecule has 4 rings (SSSR count). The molecular weight excluding hydrogens is 492 g/mol. The van der Waals surface area contributed by atoms with Crippen LogP contribution in [-0.2, 0) is 4.79 Å². The maximum absolute atomic E-state index is 13.4. The average molecular weight is 519 g/mol. The highest BCUT2D eigenvalue weighted by atomic mass is 32.2. The van der Waals surface area contributed by atoms with E-state index in [-0.39, 0.29) is 17.2 Å². The minimum atomic E-state index is -0.345. The summed E-state index contributed by atoms with van der Waals surface area (Å²) in [6, 6.07) is 19.6. The van der Waals surface area contributed by atoms with Gasteiger partial charge in [-0.25, -0.2) is 10.4 Å². The number of amides is 1. The fourth-order valence-electron chi connectivity index (χ4n) is 3.57. The lowest BCUT2D eigenvalue weighted by Crippen LogP contribution is -2.24. The second-order valence-corrected chi connectivity index (χ2v) is 8.62. The molecule has 0 spiro atoms. The number of nitrogens with zero attached hydrogens (tertiary/aromatic N) is 3. The first-order valence-electron chi connectivity index (χ1n) is 11.5. The molecule has 37 heavy (non-hydrogen) atoms. The molecule has 0 aliphatic carbocycles. The molecule has 0 saturated heterocycles. The van der Waals surface area contributed by atoms with Crippen LogP contribution >= 0.6 is 11.8 Å². The van der Waals surface area contributed by atoms with Gasteiger partial charge in [-0.3, -0.25) is 14.2 Å². The molecule has 0 atom stereocenters. The van der Waals surface area contributed by atoms with Gasteiger partial charge >= 0.3 is 0 Å². The molecule has 3 aromatic carbocycles. The van der Waals surface area contributed by atoms with Crippen LogP contribution in [0.2, 0.25) is 0 Å². The van der Waals surface area contributed by atoms with Crippen LogP contribution in [0.15, 0.2) is 81.8 Å². The smallest absolute Gasteiger partial charge is 0.266 e. The number of thioether (sulfide) groups is 1. The van der Waals surface area contributed by atoms with Crippen molar-refractivity contribution in [2.24, 2.45) is 5.10 Å². The summed E-state index contributed by atoms with van der Waals surface area (Å²) in [6.07, 6.45) is 1.51. The molecule has 1 heterocycles. The molecule has 0 saturated carbocycles. The molecule has 1 N–H and O–H groups in total. The fraction of sp³-hybridized carbons (Fsp3) is 0.185. The van der Waals surface area contributed by atoms with Crippen molar-refractivity contribution in [2.45, 2.75) is 12.1 Å². The third-order valence-corrected chi connectivity index (χ3v) is 6.23. The quantitative estimate of drug-likeness (QED) is 0.146. The van der Waals surface area contributed by atoms with Gasteiger partial charge in [0.25, 0.3) is 11.5 Å². The lowest BCUT2D eigenvalue weighted by molar-refractivity contribution is -0.118. The summed E-state index contributed by atoms with van der Waals surface area (Å²) in [5, 5.41) is 4.91. The number of para-hydroxylation sites is 1. The highest BCUT2D eigenvalue weighted by Gasteiger charge is 2.15. The van der Waals surface area contributed by atoms with E-state index in [2.05, 4.69) is 15.5 Å². The first kappa shape index (κ1) is 25.8. The molecule has 1 amide bonds. The predicted octanol–water partition coefficient (Wildman–Crippen LogP) is 4.04. The van der Waals surface area contributed by atoms with Gasteiger partial charge in [0.05, 0.1) is 49.4 Å². The van der Waals surface area contributed by atoms with Crippen LogP contribution in [0.1, 0.15) is 12.5 Å². The molecule has 0 unspecified atom stereocenters. The molecule has 1 aromatic heterocycles. The average Bonchev–Trinajstić information content (AvgIpc) is 2.92. The monoisotopic (exact) mass is 518 g/mol. The standard InChI is InChI=1S/C27H26N4O5S/c1-4-36-20-12-10-19(11-13-20)31-26(33)21-7-5-6-8-22(21)29-27(31)37-17-25(32)30-28-16-18-9-14-23(34-2)24(15-18)35-3/h5-16H,4,17H2,1-3H3,(H,30,32). The Balaban J connectivity index is 1.52. The molecule has 0 aliphatic heterocycles. The summed E-state index contributed by atoms with van der Waals surface area (Å²) in [7, 11) is 3.11. The Morgan fingerprint density at radius 2 is 1.81 bits per heavy atom. The largest absolute Gasteiger partial charge is 0.494 e. The van der Waals surface area contributed by atoms with Crippen molar-refractivity contribution in [3.8, 4) is 22.9 Å². The van der Waals surface area contributed by atoms with E-state index in [4.69, 9.17) is 14.2 Å². The predicted molar refractivity (Wildman–Crippen MR) is 145 cm³/mol. The number of hydrazone groups is 1. The zero-order valence-corrected chi connectivity index (χ0v) is 21.5. The van der Waals surface area contributed by atoms with E-state index < -0.39 is 0 Å². The normalized spacial score (nSPS) is 11.0. The fourth-order valence-corrected chi connectivity index (χ4v) is 4.37. The van der Waals surface area contributed by atoms with Crippen LogP contribution in [0, 0.1) is 0 Å². The Morgan fingerprint density at radius 3 is 2.54 bits per heavy atom. The molecule has 190 valence electrons. The second-order valence-electron chi connectivity index (χ2n) is 7.68. The van der Waals surface area contributed by atoms with Crippen LogP contribution in [0.4, 0.5) is 0 Å². The van der Waals surface area contributed by atoms with E-state index in [0.29, 0.717) is 45.6 Å². The molecule has 4 aromatic rings. The van der Waals surface area contributed by atoms with Crippen LogP contribution < -0.4 is 25.2 Å². The van der Waals surface area contributed by atoms with E-state index in [0.717, 1.165) is 17.3 Å². The summed E-state index contributed by atoms with van der Waals surface area (Å²) in [4.78, 5) is 30.5. The van der Waals surface area contributed by atoms with Gasteiger partial charge in [0, 0.05) is 0 Å². The third kappa shape index (κ3) is 6.10. The summed E-state index contributed by atoms with van der Waals surface area (Å²) >= 11 is 1.15. The Bertz CT molecular complexity index is 1480. The van der Waals surface area contributed by atoms with Crippen LogP contribution in [0.25, 0.3) is 16.6 Å². The van der Waals surface area contributed by atoms with E-state index in [1.165, 1.54) is 10.8 Å². The topological polar surface area (TPSA) is 104 Å². The van der Waals surface area contributed by atoms with Gasteiger partial charge in [0.1, 0.15) is 5.75 Å². The zero-order valence-electron chi connectivity index (χ0n) is 20.6. The first-order chi connectivity index (χ1) is 18.0. The minimum absolute atomic E-state index is 0.00504. The summed E-state index contributed by atoms with van der Waals surface area (Å²) in [5.41, 5.74) is 4.20. The van der Waals surface area contributed by atoms with Crippen LogP contribution in [-0.4, -0.2) is 48.3 Å². The van der Waals surface area contributed by atoms with Crippen molar-refractivity contribution in [1.29, 1.82) is 0 Å². The van der Waals surface area contributed by atoms with Gasteiger partial charge in [0.15, 0.2) is 16.7 Å². The van der Waals surface area contributed by atoms with Crippen LogP contribution in [0.5, 0.6) is 17.2 Å². The Kier molecular flexibility index (Phi) is 8.42. The molecule has 10 heteroatoms. The SMILES string of the molecule is CCOc1ccc(-n2c(SCC(=O)NN=Cc3ccc(OC)c(OC)c3)nc3ccccc3c2=O)cc1. The number of hydrogen-bond donors (Lipinski definition) is 1. The number of benzene rings is 3. The van der Waals surface area contributed by atoms with Gasteiger partial charge < -0.3 is 14.2 Å². The van der Waals surface area contributed by atoms with Crippen molar-refractivity contribution in [1.82, 2.24) is 15.0 Å². The Morgan fingerprint density at radius 1 is 1.05 bits per heavy atom. The first-order valence-corrected chi connectivity index (χ1v) is 12.4. The van der Waals surface area contributed by atoms with Gasteiger partial charge in [-0.1, -0.05) is 23.9 Å². The van der Waals surface area contributed by atoms with Crippen molar-refractivity contribution in [3.05, 3.63) is 82.6 Å². The van der Waals surface area contributed by atoms with Crippen molar-refractivity contribution in [2.75, 3.05) is 26.6 Å². The zero-order chi connectivity index (χ0) is 26.2. The maximum Gasteiger partial charge on any atom is 0.266 e. The molecule has 0 radical (unpaired) electrons. The lowest BCUT2D eigenvalue weighted by Gasteiger charge is -2.13. The van der Waals surface area contributed by atoms with Gasteiger partial charge in [-0.15, -0.1) is 0 Å². The highest BCUT2D eigenvalue weighted by molar-refractivity contribution is 7.99. The van der Waals surface area contributed by atoms with E-state index in [1.807, 2.05) is 13.0 Å². The van der Waals surface area contributed by atoms with Crippen molar-refractivity contribution < 1.29 is 19.0 Å². The summed E-state index contributed by atoms with van der Waals surface area (Å²) in [6.45, 7) is 2.45. The number of aromatic nitrogens is 2. The lowest BCUT2D eigenvalue weighted by atomic mass is 10.2. The van der Waals surface area contributed by atoms with Crippen LogP contribution in [0.3, 0.4) is 0 Å². The number of carbonyl (C=O) groups is 1. The third-order valence-electron chi connectivity index (χ3n) is 5.29. The molecule has 9 nitrogen and oxygen atoms in total.